The summed E-state index contributed by atoms with van der Waals surface area (Å²) in [6, 6.07) is 2.89. The molecule has 2 N–H and O–H groups in total. The molecule has 1 aliphatic carbocycles. The quantitative estimate of drug-likeness (QED) is 0.835. The number of ether oxygens (including phenoxy) is 1. The third-order valence-electron chi connectivity index (χ3n) is 4.26. The SMILES string of the molecule is CCOc1ccc(C(F)(F)F)cc1NC(=O)C1CCCC(C(=O)O)C1. The summed E-state index contributed by atoms with van der Waals surface area (Å²) < 4.78 is 44.0. The van der Waals surface area contributed by atoms with E-state index in [-0.39, 0.29) is 24.5 Å². The van der Waals surface area contributed by atoms with Gasteiger partial charge in [0.15, 0.2) is 0 Å². The summed E-state index contributed by atoms with van der Waals surface area (Å²) in [7, 11) is 0. The van der Waals surface area contributed by atoms with E-state index in [0.29, 0.717) is 19.3 Å². The molecule has 1 saturated carbocycles. The first-order valence-corrected chi connectivity index (χ1v) is 8.10. The van der Waals surface area contributed by atoms with Crippen LogP contribution in [0, 0.1) is 11.8 Å². The number of nitrogens with one attached hydrogen (secondary N) is 1. The number of hydrogen-bond acceptors (Lipinski definition) is 3. The van der Waals surface area contributed by atoms with Crippen LogP contribution in [0.1, 0.15) is 38.2 Å². The molecule has 5 nitrogen and oxygen atoms in total. The molecule has 1 aliphatic rings. The Bertz CT molecular complexity index is 645. The third-order valence-corrected chi connectivity index (χ3v) is 4.26. The summed E-state index contributed by atoms with van der Waals surface area (Å²) in [6.07, 6.45) is -2.74. The number of benzene rings is 1. The van der Waals surface area contributed by atoms with Crippen molar-refractivity contribution in [3.63, 3.8) is 0 Å². The van der Waals surface area contributed by atoms with Crippen molar-refractivity contribution in [3.05, 3.63) is 23.8 Å². The monoisotopic (exact) mass is 359 g/mol. The highest BCUT2D eigenvalue weighted by Crippen LogP contribution is 2.36. The van der Waals surface area contributed by atoms with Crippen LogP contribution in [0.5, 0.6) is 5.75 Å². The molecule has 2 atom stereocenters. The van der Waals surface area contributed by atoms with Crippen molar-refractivity contribution < 1.29 is 32.6 Å². The van der Waals surface area contributed by atoms with Crippen LogP contribution in [0.4, 0.5) is 18.9 Å². The number of carbonyl (C=O) groups excluding carboxylic acids is 1. The molecule has 0 radical (unpaired) electrons. The first-order valence-electron chi connectivity index (χ1n) is 8.10. The number of hydrogen-bond donors (Lipinski definition) is 2. The van der Waals surface area contributed by atoms with Crippen LogP contribution >= 0.6 is 0 Å². The van der Waals surface area contributed by atoms with Gasteiger partial charge in [0.2, 0.25) is 5.91 Å². The van der Waals surface area contributed by atoms with Crippen molar-refractivity contribution in [1.82, 2.24) is 0 Å². The number of aliphatic carboxylic acids is 1. The number of halogens is 3. The van der Waals surface area contributed by atoms with E-state index >= 15 is 0 Å². The minimum Gasteiger partial charge on any atom is -0.492 e. The summed E-state index contributed by atoms with van der Waals surface area (Å²) in [5.41, 5.74) is -0.947. The average molecular weight is 359 g/mol. The fourth-order valence-corrected chi connectivity index (χ4v) is 2.97. The molecule has 1 aromatic carbocycles. The molecule has 0 saturated heterocycles. The highest BCUT2D eigenvalue weighted by atomic mass is 19.4. The largest absolute Gasteiger partial charge is 0.492 e. The van der Waals surface area contributed by atoms with Gasteiger partial charge in [-0.3, -0.25) is 9.59 Å². The lowest BCUT2D eigenvalue weighted by Gasteiger charge is -2.26. The molecule has 0 aromatic heterocycles. The van der Waals surface area contributed by atoms with E-state index in [4.69, 9.17) is 9.84 Å². The summed E-state index contributed by atoms with van der Waals surface area (Å²) in [4.78, 5) is 23.5. The van der Waals surface area contributed by atoms with Crippen LogP contribution in [0.2, 0.25) is 0 Å². The predicted molar refractivity (Wildman–Crippen MR) is 84.3 cm³/mol. The fraction of sp³-hybridized carbons (Fsp3) is 0.529. The van der Waals surface area contributed by atoms with Gasteiger partial charge in [-0.25, -0.2) is 0 Å². The maximum absolute atomic E-state index is 12.9. The summed E-state index contributed by atoms with van der Waals surface area (Å²) in [5, 5.41) is 11.6. The van der Waals surface area contributed by atoms with E-state index in [1.165, 1.54) is 6.07 Å². The molecule has 2 rings (SSSR count). The fourth-order valence-electron chi connectivity index (χ4n) is 2.97. The van der Waals surface area contributed by atoms with Crippen LogP contribution in [-0.2, 0) is 15.8 Å². The Morgan fingerprint density at radius 3 is 2.56 bits per heavy atom. The topological polar surface area (TPSA) is 75.6 Å². The molecule has 1 aromatic rings. The standard InChI is InChI=1S/C17H20F3NO4/c1-2-25-14-7-6-12(17(18,19)20)9-13(14)21-15(22)10-4-3-5-11(8-10)16(23)24/h6-7,9-11H,2-5,8H2,1H3,(H,21,22)(H,23,24). The maximum atomic E-state index is 12.9. The molecular weight excluding hydrogens is 339 g/mol. The molecule has 0 heterocycles. The van der Waals surface area contributed by atoms with Gasteiger partial charge in [-0.2, -0.15) is 13.2 Å². The summed E-state index contributed by atoms with van der Waals surface area (Å²) in [6.45, 7) is 1.92. The number of anilines is 1. The number of alkyl halides is 3. The number of amides is 1. The van der Waals surface area contributed by atoms with E-state index in [1.807, 2.05) is 0 Å². The van der Waals surface area contributed by atoms with E-state index in [1.54, 1.807) is 6.92 Å². The molecule has 0 bridgehead atoms. The predicted octanol–water partition coefficient (Wildman–Crippen LogP) is 3.93. The first kappa shape index (κ1) is 19.1. The molecule has 25 heavy (non-hydrogen) atoms. The van der Waals surface area contributed by atoms with Crippen LogP contribution in [-0.4, -0.2) is 23.6 Å². The Balaban J connectivity index is 2.19. The first-order chi connectivity index (χ1) is 11.7. The maximum Gasteiger partial charge on any atom is 0.416 e. The number of carboxylic acid groups (broad SMARTS) is 1. The molecule has 0 spiro atoms. The second kappa shape index (κ2) is 7.76. The van der Waals surface area contributed by atoms with E-state index in [0.717, 1.165) is 12.1 Å². The number of rotatable bonds is 5. The van der Waals surface area contributed by atoms with Gasteiger partial charge in [-0.05, 0) is 44.4 Å². The van der Waals surface area contributed by atoms with Crippen LogP contribution in [0.25, 0.3) is 0 Å². The lowest BCUT2D eigenvalue weighted by molar-refractivity contribution is -0.144. The van der Waals surface area contributed by atoms with Crippen molar-refractivity contribution in [3.8, 4) is 5.75 Å². The molecule has 1 amide bonds. The average Bonchev–Trinajstić information content (AvgIpc) is 2.55. The van der Waals surface area contributed by atoms with Gasteiger partial charge < -0.3 is 15.2 Å². The van der Waals surface area contributed by atoms with Crippen molar-refractivity contribution >= 4 is 17.6 Å². The number of carboxylic acids is 1. The molecule has 2 unspecified atom stereocenters. The van der Waals surface area contributed by atoms with Crippen molar-refractivity contribution in [2.24, 2.45) is 11.8 Å². The number of carbonyl (C=O) groups is 2. The molecule has 138 valence electrons. The van der Waals surface area contributed by atoms with Crippen LogP contribution in [0.3, 0.4) is 0 Å². The Morgan fingerprint density at radius 1 is 1.28 bits per heavy atom. The zero-order valence-corrected chi connectivity index (χ0v) is 13.7. The Hall–Kier alpha value is -2.25. The Kier molecular flexibility index (Phi) is 5.92. The smallest absolute Gasteiger partial charge is 0.416 e. The molecule has 0 aliphatic heterocycles. The van der Waals surface area contributed by atoms with Gasteiger partial charge in [0, 0.05) is 5.92 Å². The molecular formula is C17H20F3NO4. The van der Waals surface area contributed by atoms with Gasteiger partial charge >= 0.3 is 12.1 Å². The zero-order valence-electron chi connectivity index (χ0n) is 13.7. The normalized spacial score (nSPS) is 20.8. The van der Waals surface area contributed by atoms with Crippen molar-refractivity contribution in [2.45, 2.75) is 38.8 Å². The Morgan fingerprint density at radius 2 is 1.96 bits per heavy atom. The molecule has 1 fully saturated rings. The summed E-state index contributed by atoms with van der Waals surface area (Å²) in [5.74, 6) is -2.43. The Labute approximate surface area is 143 Å². The van der Waals surface area contributed by atoms with E-state index in [9.17, 15) is 22.8 Å². The van der Waals surface area contributed by atoms with Crippen molar-refractivity contribution in [1.29, 1.82) is 0 Å². The highest BCUT2D eigenvalue weighted by Gasteiger charge is 2.33. The lowest BCUT2D eigenvalue weighted by atomic mass is 9.81. The van der Waals surface area contributed by atoms with Gasteiger partial charge in [-0.1, -0.05) is 6.42 Å². The van der Waals surface area contributed by atoms with E-state index in [2.05, 4.69) is 5.32 Å². The van der Waals surface area contributed by atoms with Gasteiger partial charge in [0.25, 0.3) is 0 Å². The van der Waals surface area contributed by atoms with E-state index < -0.39 is 35.5 Å². The second-order valence-corrected chi connectivity index (χ2v) is 6.03. The van der Waals surface area contributed by atoms with Crippen LogP contribution < -0.4 is 10.1 Å². The zero-order chi connectivity index (χ0) is 18.6. The second-order valence-electron chi connectivity index (χ2n) is 6.03. The third kappa shape index (κ3) is 4.87. The minimum atomic E-state index is -4.54. The van der Waals surface area contributed by atoms with Crippen LogP contribution in [0.15, 0.2) is 18.2 Å². The van der Waals surface area contributed by atoms with Gasteiger partial charge in [-0.15, -0.1) is 0 Å². The van der Waals surface area contributed by atoms with Gasteiger partial charge in [0.05, 0.1) is 23.8 Å². The van der Waals surface area contributed by atoms with Crippen molar-refractivity contribution in [2.75, 3.05) is 11.9 Å². The summed E-state index contributed by atoms with van der Waals surface area (Å²) >= 11 is 0. The lowest BCUT2D eigenvalue weighted by Crippen LogP contribution is -2.31. The minimum absolute atomic E-state index is 0.0564. The highest BCUT2D eigenvalue weighted by molar-refractivity contribution is 5.94. The molecule has 8 heteroatoms. The van der Waals surface area contributed by atoms with Gasteiger partial charge in [0.1, 0.15) is 5.75 Å².